The Labute approximate surface area is 159 Å². The van der Waals surface area contributed by atoms with Crippen molar-refractivity contribution < 1.29 is 31.4 Å². The Morgan fingerprint density at radius 1 is 1.19 bits per heavy atom. The number of rotatable bonds is 12. The summed E-state index contributed by atoms with van der Waals surface area (Å²) in [5, 5.41) is 0. The van der Waals surface area contributed by atoms with Crippen LogP contribution in [0.25, 0.3) is 0 Å². The monoisotopic (exact) mass is 394 g/mol. The first kappa shape index (κ1) is 25.2. The molecule has 1 aromatic heterocycles. The van der Waals surface area contributed by atoms with Gasteiger partial charge >= 0.3 is 13.2 Å². The third kappa shape index (κ3) is 17.4. The fraction of sp³-hybridized carbons (Fsp3) is 0.667. The minimum atomic E-state index is -6.00. The van der Waals surface area contributed by atoms with Crippen LogP contribution in [0.4, 0.5) is 17.3 Å². The largest absolute Gasteiger partial charge is 0.673 e. The maximum absolute atomic E-state index is 11.5. The molecular weight excluding hydrogens is 363 g/mol. The first-order valence-electron chi connectivity index (χ1n) is 9.37. The van der Waals surface area contributed by atoms with Crippen molar-refractivity contribution in [3.05, 3.63) is 31.4 Å². The predicted octanol–water partition coefficient (Wildman–Crippen LogP) is 4.85. The molecule has 0 aliphatic carbocycles. The van der Waals surface area contributed by atoms with Gasteiger partial charge in [0.25, 0.3) is 0 Å². The van der Waals surface area contributed by atoms with Gasteiger partial charge < -0.3 is 22.0 Å². The molecule has 0 aliphatic rings. The number of aromatic nitrogens is 2. The first-order chi connectivity index (χ1) is 12.7. The molecule has 0 saturated heterocycles. The molecule has 0 amide bonds. The smallest absolute Gasteiger partial charge is 0.455 e. The maximum atomic E-state index is 11.5. The van der Waals surface area contributed by atoms with Crippen LogP contribution in [0.15, 0.2) is 31.4 Å². The lowest BCUT2D eigenvalue weighted by molar-refractivity contribution is -0.671. The molecule has 156 valence electrons. The Bertz CT molecular complexity index is 530. The van der Waals surface area contributed by atoms with Crippen LogP contribution in [0.3, 0.4) is 0 Å². The highest BCUT2D eigenvalue weighted by atomic mass is 19.5. The summed E-state index contributed by atoms with van der Waals surface area (Å²) in [7, 11) is -4.02. The van der Waals surface area contributed by atoms with Gasteiger partial charge in [0.1, 0.15) is 25.0 Å². The molecule has 9 heteroatoms. The third-order valence-corrected chi connectivity index (χ3v) is 3.82. The van der Waals surface area contributed by atoms with Crippen molar-refractivity contribution in [3.63, 3.8) is 0 Å². The first-order valence-corrected chi connectivity index (χ1v) is 9.37. The summed E-state index contributed by atoms with van der Waals surface area (Å²) in [4.78, 5) is 11.5. The van der Waals surface area contributed by atoms with E-state index >= 15 is 0 Å². The van der Waals surface area contributed by atoms with Crippen LogP contribution < -0.4 is 4.57 Å². The van der Waals surface area contributed by atoms with Crippen molar-refractivity contribution in [2.45, 2.75) is 70.9 Å². The molecule has 0 N–H and O–H groups in total. The van der Waals surface area contributed by atoms with E-state index in [1.54, 1.807) is 0 Å². The second-order valence-electron chi connectivity index (χ2n) is 6.44. The highest BCUT2D eigenvalue weighted by molar-refractivity contribution is 6.50. The number of imidazole rings is 1. The minimum absolute atomic E-state index is 0.0754. The van der Waals surface area contributed by atoms with Gasteiger partial charge in [-0.1, -0.05) is 52.0 Å². The van der Waals surface area contributed by atoms with Crippen molar-refractivity contribution >= 4 is 13.2 Å². The quantitative estimate of drug-likeness (QED) is 0.127. The van der Waals surface area contributed by atoms with Crippen LogP contribution >= 0.6 is 0 Å². The fourth-order valence-corrected chi connectivity index (χ4v) is 2.57. The Hall–Kier alpha value is -1.80. The molecular formula is C18H31BF4N2O2. The van der Waals surface area contributed by atoms with Gasteiger partial charge in [-0.3, -0.25) is 0 Å². The number of aryl methyl sites for hydroxylation is 1. The molecule has 0 aromatic carbocycles. The second-order valence-corrected chi connectivity index (χ2v) is 6.44. The van der Waals surface area contributed by atoms with E-state index in [-0.39, 0.29) is 12.1 Å². The molecule has 0 fully saturated rings. The van der Waals surface area contributed by atoms with Crippen molar-refractivity contribution in [2.24, 2.45) is 7.05 Å². The molecule has 0 radical (unpaired) electrons. The molecule has 4 nitrogen and oxygen atoms in total. The standard InChI is InChI=1S/C18H31N2O2.BF4/c1-4-6-7-8-9-10-11-12-17(22-18(21)5-2)15-20-14-13-19(3)16-20;2-1(3,4)5/h5,13-14,16-17H,2,4,6-12,15H2,1,3H3;/q+1;-1. The van der Waals surface area contributed by atoms with Gasteiger partial charge in [0, 0.05) is 6.08 Å². The molecule has 1 rings (SSSR count). The second kappa shape index (κ2) is 14.3. The van der Waals surface area contributed by atoms with Gasteiger partial charge in [-0.25, -0.2) is 13.9 Å². The molecule has 1 atom stereocenters. The molecule has 0 saturated carbocycles. The van der Waals surface area contributed by atoms with Crippen LogP contribution in [0, 0.1) is 0 Å². The number of unbranched alkanes of at least 4 members (excludes halogenated alkanes) is 6. The van der Waals surface area contributed by atoms with Gasteiger partial charge in [-0.15, -0.1) is 0 Å². The Morgan fingerprint density at radius 2 is 1.74 bits per heavy atom. The average Bonchev–Trinajstić information content (AvgIpc) is 2.97. The fourth-order valence-electron chi connectivity index (χ4n) is 2.57. The molecule has 0 aliphatic heterocycles. The summed E-state index contributed by atoms with van der Waals surface area (Å²) in [6, 6.07) is 0. The normalized spacial score (nSPS) is 12.1. The summed E-state index contributed by atoms with van der Waals surface area (Å²) >= 11 is 0. The lowest BCUT2D eigenvalue weighted by Gasteiger charge is -2.15. The summed E-state index contributed by atoms with van der Waals surface area (Å²) in [5.74, 6) is -0.329. The minimum Gasteiger partial charge on any atom is -0.455 e. The lowest BCUT2D eigenvalue weighted by atomic mass is 10.1. The van der Waals surface area contributed by atoms with Crippen LogP contribution in [0.2, 0.25) is 0 Å². The van der Waals surface area contributed by atoms with Gasteiger partial charge in [-0.2, -0.15) is 0 Å². The number of carbonyl (C=O) groups is 1. The number of halogens is 4. The highest BCUT2D eigenvalue weighted by Gasteiger charge is 2.20. The number of esters is 1. The summed E-state index contributed by atoms with van der Waals surface area (Å²) in [6.45, 7) is 6.42. The molecule has 27 heavy (non-hydrogen) atoms. The van der Waals surface area contributed by atoms with Crippen molar-refractivity contribution in [2.75, 3.05) is 0 Å². The molecule has 0 bridgehead atoms. The number of ether oxygens (including phenoxy) is 1. The Balaban J connectivity index is 0.00000119. The van der Waals surface area contributed by atoms with Crippen molar-refractivity contribution in [3.8, 4) is 0 Å². The van der Waals surface area contributed by atoms with Crippen LogP contribution in [0.1, 0.15) is 58.3 Å². The maximum Gasteiger partial charge on any atom is 0.673 e. The molecule has 1 aromatic rings. The molecule has 1 heterocycles. The van der Waals surface area contributed by atoms with E-state index in [1.807, 2.05) is 30.3 Å². The summed E-state index contributed by atoms with van der Waals surface area (Å²) in [5.41, 5.74) is 0. The zero-order chi connectivity index (χ0) is 20.7. The number of carbonyl (C=O) groups excluding carboxylic acids is 1. The number of hydrogen-bond donors (Lipinski definition) is 0. The summed E-state index contributed by atoms with van der Waals surface area (Å²) < 4.78 is 48.5. The number of hydrogen-bond acceptors (Lipinski definition) is 2. The van der Waals surface area contributed by atoms with Gasteiger partial charge in [-0.05, 0) is 12.8 Å². The predicted molar refractivity (Wildman–Crippen MR) is 98.5 cm³/mol. The van der Waals surface area contributed by atoms with Crippen LogP contribution in [-0.4, -0.2) is 23.9 Å². The molecule has 1 unspecified atom stereocenters. The van der Waals surface area contributed by atoms with Gasteiger partial charge in [0.2, 0.25) is 6.33 Å². The lowest BCUT2D eigenvalue weighted by Crippen LogP contribution is -2.26. The number of nitrogens with zero attached hydrogens (tertiary/aromatic N) is 2. The average molecular weight is 394 g/mol. The van der Waals surface area contributed by atoms with Crippen molar-refractivity contribution in [1.82, 2.24) is 4.57 Å². The highest BCUT2D eigenvalue weighted by Crippen LogP contribution is 2.13. The van der Waals surface area contributed by atoms with Crippen molar-refractivity contribution in [1.29, 1.82) is 0 Å². The Morgan fingerprint density at radius 3 is 2.22 bits per heavy atom. The van der Waals surface area contributed by atoms with E-state index in [0.717, 1.165) is 12.8 Å². The van der Waals surface area contributed by atoms with E-state index < -0.39 is 7.25 Å². The van der Waals surface area contributed by atoms with Gasteiger partial charge in [0.05, 0.1) is 7.05 Å². The van der Waals surface area contributed by atoms with Crippen LogP contribution in [-0.2, 0) is 23.1 Å². The zero-order valence-corrected chi connectivity index (χ0v) is 16.3. The zero-order valence-electron chi connectivity index (χ0n) is 16.3. The molecule has 0 spiro atoms. The van der Waals surface area contributed by atoms with Crippen LogP contribution in [0.5, 0.6) is 0 Å². The Kier molecular flexibility index (Phi) is 13.3. The van der Waals surface area contributed by atoms with E-state index in [1.165, 1.54) is 44.6 Å². The summed E-state index contributed by atoms with van der Waals surface area (Å²) in [6.07, 6.45) is 16.9. The van der Waals surface area contributed by atoms with E-state index in [9.17, 15) is 22.1 Å². The van der Waals surface area contributed by atoms with E-state index in [4.69, 9.17) is 4.74 Å². The van der Waals surface area contributed by atoms with E-state index in [0.29, 0.717) is 6.54 Å². The third-order valence-electron chi connectivity index (χ3n) is 3.82. The topological polar surface area (TPSA) is 35.1 Å². The van der Waals surface area contributed by atoms with E-state index in [2.05, 4.69) is 18.1 Å². The SMILES string of the molecule is C=CC(=O)OC(CCCCCCCCC)Cn1cc[n+](C)c1.F[B-](F)(F)F. The van der Waals surface area contributed by atoms with Gasteiger partial charge in [0.15, 0.2) is 0 Å².